The second-order valence-corrected chi connectivity index (χ2v) is 6.45. The van der Waals surface area contributed by atoms with Gasteiger partial charge in [0, 0.05) is 18.3 Å². The number of carbonyl (C=O) groups is 2. The van der Waals surface area contributed by atoms with Crippen LogP contribution in [0.1, 0.15) is 23.0 Å². The average Bonchev–Trinajstić information content (AvgIpc) is 3.07. The van der Waals surface area contributed by atoms with Gasteiger partial charge in [-0.2, -0.15) is 18.3 Å². The van der Waals surface area contributed by atoms with Crippen LogP contribution in [0.5, 0.6) is 0 Å². The van der Waals surface area contributed by atoms with Crippen LogP contribution in [0.25, 0.3) is 0 Å². The fraction of sp³-hybridized carbons (Fsp3) is 0.353. The Balaban J connectivity index is 1.71. The van der Waals surface area contributed by atoms with E-state index in [1.54, 1.807) is 0 Å². The molecule has 1 aliphatic heterocycles. The van der Waals surface area contributed by atoms with Crippen molar-refractivity contribution in [2.24, 2.45) is 0 Å². The summed E-state index contributed by atoms with van der Waals surface area (Å²) in [6, 6.07) is 0.168. The highest BCUT2D eigenvalue weighted by atomic mass is 19.4. The number of nitrogens with one attached hydrogen (secondary N) is 2. The summed E-state index contributed by atoms with van der Waals surface area (Å²) in [6.07, 6.45) is -3.45. The van der Waals surface area contributed by atoms with Crippen molar-refractivity contribution in [3.8, 4) is 0 Å². The zero-order chi connectivity index (χ0) is 21.3. The smallest absolute Gasteiger partial charge is 0.340 e. The molecule has 1 atom stereocenters. The fourth-order valence-corrected chi connectivity index (χ4v) is 2.74. The molecule has 0 saturated heterocycles. The van der Waals surface area contributed by atoms with Crippen molar-refractivity contribution in [1.82, 2.24) is 20.0 Å². The molecule has 0 unspecified atom stereocenters. The number of rotatable bonds is 3. The van der Waals surface area contributed by atoms with Gasteiger partial charge in [-0.3, -0.25) is 9.48 Å². The maximum Gasteiger partial charge on any atom is 0.408 e. The third kappa shape index (κ3) is 4.46. The van der Waals surface area contributed by atoms with Gasteiger partial charge in [-0.15, -0.1) is 0 Å². The minimum Gasteiger partial charge on any atom is -0.340 e. The topological polar surface area (TPSA) is 79.3 Å². The van der Waals surface area contributed by atoms with Gasteiger partial charge in [-0.1, -0.05) is 0 Å². The van der Waals surface area contributed by atoms with E-state index < -0.39 is 35.8 Å². The van der Waals surface area contributed by atoms with Crippen LogP contribution < -0.4 is 10.6 Å². The first-order valence-electron chi connectivity index (χ1n) is 8.49. The van der Waals surface area contributed by atoms with Crippen LogP contribution in [0.2, 0.25) is 0 Å². The van der Waals surface area contributed by atoms with Crippen LogP contribution in [0.15, 0.2) is 24.4 Å². The molecule has 2 aromatic rings. The molecule has 0 bridgehead atoms. The number of nitrogens with zero attached hydrogens (tertiary/aromatic N) is 3. The Morgan fingerprint density at radius 3 is 2.55 bits per heavy atom. The van der Waals surface area contributed by atoms with Crippen molar-refractivity contribution in [2.75, 3.05) is 11.9 Å². The van der Waals surface area contributed by atoms with Gasteiger partial charge in [0.1, 0.15) is 6.04 Å². The number of hydrogen-bond donors (Lipinski definition) is 2. The molecular weight excluding hydrogens is 401 g/mol. The number of hydrogen-bond acceptors (Lipinski definition) is 3. The van der Waals surface area contributed by atoms with Crippen LogP contribution >= 0.6 is 0 Å². The number of urea groups is 1. The van der Waals surface area contributed by atoms with Crippen molar-refractivity contribution in [1.29, 1.82) is 0 Å². The SMILES string of the molecule is C[C@@H](NC(=O)c1cnn2c1CN(C(=O)Nc1ccc(F)c(F)c1)CC2)C(F)(F)F. The lowest BCUT2D eigenvalue weighted by atomic mass is 10.2. The molecule has 1 aromatic heterocycles. The second kappa shape index (κ2) is 7.68. The molecule has 0 radical (unpaired) electrons. The highest BCUT2D eigenvalue weighted by Gasteiger charge is 2.38. The lowest BCUT2D eigenvalue weighted by Crippen LogP contribution is -2.44. The second-order valence-electron chi connectivity index (χ2n) is 6.45. The first-order valence-corrected chi connectivity index (χ1v) is 8.49. The van der Waals surface area contributed by atoms with E-state index in [9.17, 15) is 31.5 Å². The third-order valence-electron chi connectivity index (χ3n) is 4.41. The number of alkyl halides is 3. The Hall–Kier alpha value is -3.18. The molecule has 2 N–H and O–H groups in total. The van der Waals surface area contributed by atoms with Crippen molar-refractivity contribution in [3.05, 3.63) is 47.3 Å². The van der Waals surface area contributed by atoms with Gasteiger partial charge in [-0.05, 0) is 19.1 Å². The Morgan fingerprint density at radius 1 is 1.17 bits per heavy atom. The maximum atomic E-state index is 13.3. The van der Waals surface area contributed by atoms with Gasteiger partial charge in [0.05, 0.1) is 30.5 Å². The Labute approximate surface area is 161 Å². The molecule has 29 heavy (non-hydrogen) atoms. The van der Waals surface area contributed by atoms with E-state index in [-0.39, 0.29) is 36.6 Å². The number of amides is 3. The molecule has 0 saturated carbocycles. The number of benzene rings is 1. The van der Waals surface area contributed by atoms with Gasteiger partial charge < -0.3 is 15.5 Å². The highest BCUT2D eigenvalue weighted by Crippen LogP contribution is 2.22. The molecular formula is C17H16F5N5O2. The predicted molar refractivity (Wildman–Crippen MR) is 91.0 cm³/mol. The van der Waals surface area contributed by atoms with Crippen LogP contribution in [0.3, 0.4) is 0 Å². The van der Waals surface area contributed by atoms with Gasteiger partial charge in [-0.25, -0.2) is 13.6 Å². The Bertz CT molecular complexity index is 943. The molecule has 3 amide bonds. The van der Waals surface area contributed by atoms with Gasteiger partial charge in [0.25, 0.3) is 5.91 Å². The molecule has 0 spiro atoms. The van der Waals surface area contributed by atoms with E-state index in [1.165, 1.54) is 15.6 Å². The lowest BCUT2D eigenvalue weighted by Gasteiger charge is -2.28. The summed E-state index contributed by atoms with van der Waals surface area (Å²) in [4.78, 5) is 25.9. The molecule has 156 valence electrons. The minimum absolute atomic E-state index is 0.0324. The summed E-state index contributed by atoms with van der Waals surface area (Å²) in [7, 11) is 0. The summed E-state index contributed by atoms with van der Waals surface area (Å²) < 4.78 is 65.7. The fourth-order valence-electron chi connectivity index (χ4n) is 2.74. The van der Waals surface area contributed by atoms with Crippen molar-refractivity contribution in [3.63, 3.8) is 0 Å². The predicted octanol–water partition coefficient (Wildman–Crippen LogP) is 2.89. The maximum absolute atomic E-state index is 13.3. The third-order valence-corrected chi connectivity index (χ3v) is 4.41. The van der Waals surface area contributed by atoms with Gasteiger partial charge in [0.2, 0.25) is 0 Å². The zero-order valence-corrected chi connectivity index (χ0v) is 15.1. The Kier molecular flexibility index (Phi) is 5.44. The zero-order valence-electron chi connectivity index (χ0n) is 15.1. The van der Waals surface area contributed by atoms with Crippen molar-refractivity contribution < 1.29 is 31.5 Å². The largest absolute Gasteiger partial charge is 0.408 e. The van der Waals surface area contributed by atoms with Crippen molar-refractivity contribution in [2.45, 2.75) is 32.2 Å². The van der Waals surface area contributed by atoms with E-state index in [0.717, 1.165) is 25.3 Å². The quantitative estimate of drug-likeness (QED) is 0.754. The molecule has 7 nitrogen and oxygen atoms in total. The number of aromatic nitrogens is 2. The summed E-state index contributed by atoms with van der Waals surface area (Å²) in [6.45, 7) is 1.13. The van der Waals surface area contributed by atoms with E-state index in [4.69, 9.17) is 0 Å². The number of carbonyl (C=O) groups excluding carboxylic acids is 2. The van der Waals surface area contributed by atoms with E-state index in [0.29, 0.717) is 0 Å². The summed E-state index contributed by atoms with van der Waals surface area (Å²) in [5, 5.41) is 8.23. The molecule has 12 heteroatoms. The van der Waals surface area contributed by atoms with Crippen LogP contribution in [0, 0.1) is 11.6 Å². The molecule has 3 rings (SSSR count). The highest BCUT2D eigenvalue weighted by molar-refractivity contribution is 5.95. The number of halogens is 5. The summed E-state index contributed by atoms with van der Waals surface area (Å²) in [5.41, 5.74) is 0.222. The molecule has 0 aliphatic carbocycles. The van der Waals surface area contributed by atoms with Gasteiger partial charge >= 0.3 is 12.2 Å². The van der Waals surface area contributed by atoms with Crippen LogP contribution in [0.4, 0.5) is 32.4 Å². The number of fused-ring (bicyclic) bond motifs is 1. The van der Waals surface area contributed by atoms with E-state index in [1.807, 2.05) is 5.32 Å². The summed E-state index contributed by atoms with van der Waals surface area (Å²) >= 11 is 0. The molecule has 1 aromatic carbocycles. The van der Waals surface area contributed by atoms with Crippen LogP contribution in [-0.4, -0.2) is 45.4 Å². The molecule has 0 fully saturated rings. The average molecular weight is 417 g/mol. The lowest BCUT2D eigenvalue weighted by molar-refractivity contribution is -0.149. The van der Waals surface area contributed by atoms with Crippen molar-refractivity contribution >= 4 is 17.6 Å². The Morgan fingerprint density at radius 2 is 1.90 bits per heavy atom. The van der Waals surface area contributed by atoms with Gasteiger partial charge in [0.15, 0.2) is 11.6 Å². The normalized spacial score (nSPS) is 14.9. The first-order chi connectivity index (χ1) is 13.6. The number of anilines is 1. The van der Waals surface area contributed by atoms with E-state index >= 15 is 0 Å². The monoisotopic (exact) mass is 417 g/mol. The van der Waals surface area contributed by atoms with E-state index in [2.05, 4.69) is 10.4 Å². The molecule has 1 aliphatic rings. The molecule has 2 heterocycles. The van der Waals surface area contributed by atoms with Crippen LogP contribution in [-0.2, 0) is 13.1 Å². The standard InChI is InChI=1S/C17H16F5N5O2/c1-9(17(20,21)22)24-15(28)11-7-23-27-5-4-26(8-14(11)27)16(29)25-10-2-3-12(18)13(19)6-10/h2-3,6-7,9H,4-5,8H2,1H3,(H,24,28)(H,25,29)/t9-/m1/s1. The minimum atomic E-state index is -4.60. The first kappa shape index (κ1) is 20.6. The summed E-state index contributed by atoms with van der Waals surface area (Å²) in [5.74, 6) is -3.15.